The maximum absolute atomic E-state index is 12.9. The fourth-order valence-corrected chi connectivity index (χ4v) is 2.77. The van der Waals surface area contributed by atoms with Crippen molar-refractivity contribution in [3.05, 3.63) is 81.2 Å². The summed E-state index contributed by atoms with van der Waals surface area (Å²) < 4.78 is 5.91. The smallest absolute Gasteiger partial charge is 0.335 e. The standard InChI is InChI=1S/C21H18O4/c1-13(2)19-18(10-8-14-6-4-3-5-7-14)25-17-11-9-15(21(23)24)12-16(17)20(19)22/h3-13H,1-2H3,(H,23,24)/b10-8+. The molecule has 0 atom stereocenters. The number of hydrogen-bond acceptors (Lipinski definition) is 3. The van der Waals surface area contributed by atoms with Crippen molar-refractivity contribution < 1.29 is 14.3 Å². The predicted octanol–water partition coefficient (Wildman–Crippen LogP) is 4.79. The molecule has 1 heterocycles. The Morgan fingerprint density at radius 2 is 1.80 bits per heavy atom. The molecule has 1 aromatic heterocycles. The number of hydrogen-bond donors (Lipinski definition) is 1. The summed E-state index contributed by atoms with van der Waals surface area (Å²) >= 11 is 0. The molecule has 0 saturated carbocycles. The van der Waals surface area contributed by atoms with E-state index in [9.17, 15) is 9.59 Å². The minimum atomic E-state index is -1.07. The first-order valence-corrected chi connectivity index (χ1v) is 8.04. The van der Waals surface area contributed by atoms with Gasteiger partial charge in [-0.15, -0.1) is 0 Å². The highest BCUT2D eigenvalue weighted by Gasteiger charge is 2.17. The molecule has 1 N–H and O–H groups in total. The zero-order valence-corrected chi connectivity index (χ0v) is 14.0. The first-order chi connectivity index (χ1) is 12.0. The average Bonchev–Trinajstić information content (AvgIpc) is 2.60. The summed E-state index contributed by atoms with van der Waals surface area (Å²) in [4.78, 5) is 24.0. The molecule has 4 heteroatoms. The third-order valence-electron chi connectivity index (χ3n) is 4.01. The van der Waals surface area contributed by atoms with Crippen LogP contribution in [-0.2, 0) is 0 Å². The quantitative estimate of drug-likeness (QED) is 0.745. The van der Waals surface area contributed by atoms with Gasteiger partial charge < -0.3 is 9.52 Å². The lowest BCUT2D eigenvalue weighted by Crippen LogP contribution is -2.13. The van der Waals surface area contributed by atoms with E-state index in [1.165, 1.54) is 18.2 Å². The third kappa shape index (κ3) is 3.38. The lowest BCUT2D eigenvalue weighted by Gasteiger charge is -2.10. The summed E-state index contributed by atoms with van der Waals surface area (Å²) in [5, 5.41) is 9.43. The summed E-state index contributed by atoms with van der Waals surface area (Å²) in [7, 11) is 0. The van der Waals surface area contributed by atoms with Crippen molar-refractivity contribution in [2.45, 2.75) is 19.8 Å². The third-order valence-corrected chi connectivity index (χ3v) is 4.01. The first-order valence-electron chi connectivity index (χ1n) is 8.04. The van der Waals surface area contributed by atoms with Gasteiger partial charge in [0.2, 0.25) is 0 Å². The molecule has 0 saturated heterocycles. The number of carboxylic acids is 1. The van der Waals surface area contributed by atoms with Gasteiger partial charge in [0.05, 0.1) is 10.9 Å². The molecule has 0 aliphatic carbocycles. The Hall–Kier alpha value is -3.14. The van der Waals surface area contributed by atoms with Crippen LogP contribution in [0.15, 0.2) is 57.7 Å². The Morgan fingerprint density at radius 3 is 2.44 bits per heavy atom. The van der Waals surface area contributed by atoms with Crippen molar-refractivity contribution in [2.24, 2.45) is 0 Å². The minimum absolute atomic E-state index is 0.0513. The van der Waals surface area contributed by atoms with Crippen LogP contribution in [0.1, 0.15) is 47.0 Å². The minimum Gasteiger partial charge on any atom is -0.478 e. The molecule has 0 spiro atoms. The summed E-state index contributed by atoms with van der Waals surface area (Å²) in [5.74, 6) is -0.621. The van der Waals surface area contributed by atoms with Crippen LogP contribution in [0.3, 0.4) is 0 Å². The molecule has 0 bridgehead atoms. The SMILES string of the molecule is CC(C)c1c(/C=C/c2ccccc2)oc2ccc(C(=O)O)cc2c1=O. The predicted molar refractivity (Wildman–Crippen MR) is 98.9 cm³/mol. The normalized spacial score (nSPS) is 11.5. The molecule has 2 aromatic carbocycles. The topological polar surface area (TPSA) is 67.5 Å². The van der Waals surface area contributed by atoms with Gasteiger partial charge in [-0.1, -0.05) is 50.3 Å². The first kappa shape index (κ1) is 16.7. The summed E-state index contributed by atoms with van der Waals surface area (Å²) in [6.45, 7) is 3.83. The Labute approximate surface area is 145 Å². The van der Waals surface area contributed by atoms with Crippen molar-refractivity contribution in [3.63, 3.8) is 0 Å². The maximum Gasteiger partial charge on any atom is 0.335 e. The molecule has 0 aliphatic heterocycles. The number of benzene rings is 2. The van der Waals surface area contributed by atoms with Crippen LogP contribution in [-0.4, -0.2) is 11.1 Å². The van der Waals surface area contributed by atoms with E-state index in [0.29, 0.717) is 22.3 Å². The fourth-order valence-electron chi connectivity index (χ4n) is 2.77. The van der Waals surface area contributed by atoms with Gasteiger partial charge in [0, 0.05) is 5.56 Å². The van der Waals surface area contributed by atoms with E-state index in [1.807, 2.05) is 50.3 Å². The molecule has 126 valence electrons. The van der Waals surface area contributed by atoms with E-state index < -0.39 is 5.97 Å². The van der Waals surface area contributed by atoms with Gasteiger partial charge >= 0.3 is 5.97 Å². The van der Waals surface area contributed by atoms with Crippen molar-refractivity contribution >= 4 is 29.1 Å². The number of carboxylic acid groups (broad SMARTS) is 1. The zero-order valence-electron chi connectivity index (χ0n) is 14.0. The van der Waals surface area contributed by atoms with Gasteiger partial charge in [-0.05, 0) is 35.8 Å². The Balaban J connectivity index is 2.20. The fraction of sp³-hybridized carbons (Fsp3) is 0.143. The van der Waals surface area contributed by atoms with E-state index in [4.69, 9.17) is 9.52 Å². The number of carbonyl (C=O) groups is 1. The molecule has 0 unspecified atom stereocenters. The second-order valence-corrected chi connectivity index (χ2v) is 6.12. The van der Waals surface area contributed by atoms with Gasteiger partial charge in [0.25, 0.3) is 0 Å². The zero-order chi connectivity index (χ0) is 18.0. The highest BCUT2D eigenvalue weighted by atomic mass is 16.4. The van der Waals surface area contributed by atoms with Crippen LogP contribution < -0.4 is 5.43 Å². The molecule has 0 radical (unpaired) electrons. The Bertz CT molecular complexity index is 1010. The van der Waals surface area contributed by atoms with Crippen LogP contribution in [0.2, 0.25) is 0 Å². The summed E-state index contributed by atoms with van der Waals surface area (Å²) in [6, 6.07) is 14.1. The lowest BCUT2D eigenvalue weighted by atomic mass is 9.98. The molecular weight excluding hydrogens is 316 g/mol. The number of rotatable bonds is 4. The number of fused-ring (bicyclic) bond motifs is 1. The van der Waals surface area contributed by atoms with Gasteiger partial charge in [0.1, 0.15) is 11.3 Å². The lowest BCUT2D eigenvalue weighted by molar-refractivity contribution is 0.0697. The van der Waals surface area contributed by atoms with Crippen molar-refractivity contribution in [1.82, 2.24) is 0 Å². The molecule has 0 aliphatic rings. The van der Waals surface area contributed by atoms with E-state index in [2.05, 4.69) is 0 Å². The second-order valence-electron chi connectivity index (χ2n) is 6.12. The van der Waals surface area contributed by atoms with Crippen LogP contribution in [0.4, 0.5) is 0 Å². The number of aromatic carboxylic acids is 1. The van der Waals surface area contributed by atoms with Crippen LogP contribution >= 0.6 is 0 Å². The van der Waals surface area contributed by atoms with Crippen molar-refractivity contribution in [2.75, 3.05) is 0 Å². The van der Waals surface area contributed by atoms with Crippen molar-refractivity contribution in [3.8, 4) is 0 Å². The molecule has 3 aromatic rings. The van der Waals surface area contributed by atoms with Crippen LogP contribution in [0.5, 0.6) is 0 Å². The van der Waals surface area contributed by atoms with E-state index >= 15 is 0 Å². The van der Waals surface area contributed by atoms with Gasteiger partial charge in [-0.25, -0.2) is 4.79 Å². The molecule has 0 amide bonds. The Kier molecular flexibility index (Phi) is 4.52. The highest BCUT2D eigenvalue weighted by Crippen LogP contribution is 2.24. The van der Waals surface area contributed by atoms with E-state index in [0.717, 1.165) is 5.56 Å². The molecule has 25 heavy (non-hydrogen) atoms. The van der Waals surface area contributed by atoms with Crippen molar-refractivity contribution in [1.29, 1.82) is 0 Å². The summed E-state index contributed by atoms with van der Waals surface area (Å²) in [5.41, 5.74) is 1.81. The highest BCUT2D eigenvalue weighted by molar-refractivity contribution is 5.93. The average molecular weight is 334 g/mol. The van der Waals surface area contributed by atoms with Gasteiger partial charge in [-0.2, -0.15) is 0 Å². The van der Waals surface area contributed by atoms with E-state index in [1.54, 1.807) is 6.08 Å². The van der Waals surface area contributed by atoms with E-state index in [-0.39, 0.29) is 16.9 Å². The monoisotopic (exact) mass is 334 g/mol. The maximum atomic E-state index is 12.9. The molecule has 3 rings (SSSR count). The van der Waals surface area contributed by atoms with Gasteiger partial charge in [-0.3, -0.25) is 4.79 Å². The van der Waals surface area contributed by atoms with Crippen LogP contribution in [0.25, 0.3) is 23.1 Å². The largest absolute Gasteiger partial charge is 0.478 e. The van der Waals surface area contributed by atoms with Gasteiger partial charge in [0.15, 0.2) is 5.43 Å². The summed E-state index contributed by atoms with van der Waals surface area (Å²) in [6.07, 6.45) is 3.68. The molecular formula is C21H18O4. The molecule has 0 fully saturated rings. The second kappa shape index (κ2) is 6.77. The Morgan fingerprint density at radius 1 is 1.08 bits per heavy atom. The van der Waals surface area contributed by atoms with Crippen LogP contribution in [0, 0.1) is 0 Å². The molecule has 4 nitrogen and oxygen atoms in total.